The molecule has 2 rings (SSSR count). The summed E-state index contributed by atoms with van der Waals surface area (Å²) in [4.78, 5) is 12.1. The fraction of sp³-hybridized carbons (Fsp3) is 0.273. The molecule has 0 aliphatic rings. The molecule has 0 aromatic carbocycles. The van der Waals surface area contributed by atoms with Crippen LogP contribution in [-0.2, 0) is 11.8 Å². The molecule has 0 saturated heterocycles. The van der Waals surface area contributed by atoms with E-state index in [0.717, 1.165) is 10.1 Å². The van der Waals surface area contributed by atoms with Gasteiger partial charge in [-0.2, -0.15) is 0 Å². The highest BCUT2D eigenvalue weighted by Crippen LogP contribution is 2.24. The van der Waals surface area contributed by atoms with Crippen LogP contribution in [0.15, 0.2) is 24.5 Å². The number of aromatic nitrogens is 1. The zero-order valence-electron chi connectivity index (χ0n) is 8.69. The largest absolute Gasteiger partial charge is 0.462 e. The van der Waals surface area contributed by atoms with Gasteiger partial charge in [-0.3, -0.25) is 0 Å². The predicted octanol–water partition coefficient (Wildman–Crippen LogP) is 1.90. The Balaban J connectivity index is 2.42. The highest BCUT2D eigenvalue weighted by Gasteiger charge is 2.12. The average molecular weight is 222 g/mol. The molecule has 0 N–H and O–H groups in total. The second-order valence-electron chi connectivity index (χ2n) is 3.26. The third kappa shape index (κ3) is 1.99. The van der Waals surface area contributed by atoms with Gasteiger partial charge in [0.15, 0.2) is 12.4 Å². The molecule has 0 radical (unpaired) electrons. The van der Waals surface area contributed by atoms with Crippen molar-refractivity contribution >= 4 is 27.4 Å². The maximum absolute atomic E-state index is 11.5. The van der Waals surface area contributed by atoms with E-state index in [9.17, 15) is 4.79 Å². The first-order valence-electron chi connectivity index (χ1n) is 4.76. The second-order valence-corrected chi connectivity index (χ2v) is 4.34. The maximum atomic E-state index is 11.5. The lowest BCUT2D eigenvalue weighted by Crippen LogP contribution is -2.25. The van der Waals surface area contributed by atoms with Crippen molar-refractivity contribution in [3.05, 3.63) is 29.4 Å². The topological polar surface area (TPSA) is 30.2 Å². The molecule has 0 aliphatic heterocycles. The number of hydrogen-bond donors (Lipinski definition) is 0. The molecule has 0 atom stereocenters. The monoisotopic (exact) mass is 222 g/mol. The summed E-state index contributed by atoms with van der Waals surface area (Å²) in [5.74, 6) is -0.235. The zero-order valence-corrected chi connectivity index (χ0v) is 9.50. The first-order chi connectivity index (χ1) is 7.20. The quantitative estimate of drug-likeness (QED) is 0.574. The van der Waals surface area contributed by atoms with Crippen molar-refractivity contribution in [2.75, 3.05) is 6.61 Å². The average Bonchev–Trinajstić information content (AvgIpc) is 2.60. The molecule has 2 aromatic heterocycles. The number of aryl methyl sites for hydroxylation is 1. The zero-order chi connectivity index (χ0) is 10.8. The minimum Gasteiger partial charge on any atom is -0.462 e. The molecule has 15 heavy (non-hydrogen) atoms. The standard InChI is InChI=1S/C11H12NO2S/c1-3-14-11(13)9-6-8-4-5-12(2)7-10(8)15-9/h4-7H,3H2,1-2H3/q+1. The number of fused-ring (bicyclic) bond motifs is 1. The van der Waals surface area contributed by atoms with Crippen LogP contribution in [0, 0.1) is 0 Å². The number of esters is 1. The van der Waals surface area contributed by atoms with E-state index in [1.807, 2.05) is 43.1 Å². The number of thiophene rings is 1. The number of pyridine rings is 1. The van der Waals surface area contributed by atoms with Gasteiger partial charge in [0.25, 0.3) is 0 Å². The van der Waals surface area contributed by atoms with Gasteiger partial charge in [-0.25, -0.2) is 9.36 Å². The Labute approximate surface area is 91.9 Å². The summed E-state index contributed by atoms with van der Waals surface area (Å²) in [6.07, 6.45) is 3.96. The van der Waals surface area contributed by atoms with Gasteiger partial charge in [-0.05, 0) is 13.0 Å². The minimum absolute atomic E-state index is 0.235. The van der Waals surface area contributed by atoms with Crippen LogP contribution in [0.2, 0.25) is 0 Å². The van der Waals surface area contributed by atoms with Crippen molar-refractivity contribution < 1.29 is 14.1 Å². The van der Waals surface area contributed by atoms with Gasteiger partial charge in [0.2, 0.25) is 0 Å². The predicted molar refractivity (Wildman–Crippen MR) is 59.0 cm³/mol. The second kappa shape index (κ2) is 3.98. The van der Waals surface area contributed by atoms with E-state index < -0.39 is 0 Å². The third-order valence-electron chi connectivity index (χ3n) is 2.08. The van der Waals surface area contributed by atoms with E-state index in [1.165, 1.54) is 11.3 Å². The SMILES string of the molecule is CCOC(=O)c1cc2cc[n+](C)cc2s1. The van der Waals surface area contributed by atoms with Gasteiger partial charge < -0.3 is 4.74 Å². The van der Waals surface area contributed by atoms with Crippen molar-refractivity contribution in [3.63, 3.8) is 0 Å². The summed E-state index contributed by atoms with van der Waals surface area (Å²) in [5.41, 5.74) is 0. The Morgan fingerprint density at radius 2 is 2.40 bits per heavy atom. The van der Waals surface area contributed by atoms with Crippen molar-refractivity contribution in [1.29, 1.82) is 0 Å². The van der Waals surface area contributed by atoms with E-state index in [1.54, 1.807) is 0 Å². The van der Waals surface area contributed by atoms with Crippen LogP contribution >= 0.6 is 11.3 Å². The fourth-order valence-corrected chi connectivity index (χ4v) is 2.41. The van der Waals surface area contributed by atoms with Crippen LogP contribution < -0.4 is 4.57 Å². The fourth-order valence-electron chi connectivity index (χ4n) is 1.38. The van der Waals surface area contributed by atoms with Crippen LogP contribution in [0.25, 0.3) is 10.1 Å². The van der Waals surface area contributed by atoms with Gasteiger partial charge in [0, 0.05) is 11.5 Å². The van der Waals surface area contributed by atoms with Crippen LogP contribution in [0.1, 0.15) is 16.6 Å². The summed E-state index contributed by atoms with van der Waals surface area (Å²) in [6.45, 7) is 2.23. The van der Waals surface area contributed by atoms with Gasteiger partial charge in [0.05, 0.1) is 11.3 Å². The molecule has 0 bridgehead atoms. The smallest absolute Gasteiger partial charge is 0.348 e. The Bertz CT molecular complexity index is 504. The Morgan fingerprint density at radius 3 is 3.13 bits per heavy atom. The molecule has 0 fully saturated rings. The molecule has 78 valence electrons. The maximum Gasteiger partial charge on any atom is 0.348 e. The lowest BCUT2D eigenvalue weighted by molar-refractivity contribution is -0.670. The summed E-state index contributed by atoms with van der Waals surface area (Å²) in [5, 5.41) is 1.08. The van der Waals surface area contributed by atoms with Crippen molar-refractivity contribution in [3.8, 4) is 0 Å². The number of ether oxygens (including phenoxy) is 1. The summed E-state index contributed by atoms with van der Waals surface area (Å²) >= 11 is 1.46. The molecular formula is C11H12NO2S+. The molecular weight excluding hydrogens is 210 g/mol. The number of nitrogens with zero attached hydrogens (tertiary/aromatic N) is 1. The Morgan fingerprint density at radius 1 is 1.60 bits per heavy atom. The van der Waals surface area contributed by atoms with Gasteiger partial charge in [-0.15, -0.1) is 11.3 Å². The van der Waals surface area contributed by atoms with Crippen molar-refractivity contribution in [2.45, 2.75) is 6.92 Å². The normalized spacial score (nSPS) is 10.5. The Hall–Kier alpha value is -1.42. The summed E-state index contributed by atoms with van der Waals surface area (Å²) in [7, 11) is 1.96. The number of rotatable bonds is 2. The molecule has 3 nitrogen and oxygen atoms in total. The lowest BCUT2D eigenvalue weighted by Gasteiger charge is -1.95. The Kier molecular flexibility index (Phi) is 2.68. The molecule has 0 aliphatic carbocycles. The van der Waals surface area contributed by atoms with Crippen LogP contribution in [0.4, 0.5) is 0 Å². The first-order valence-corrected chi connectivity index (χ1v) is 5.58. The van der Waals surface area contributed by atoms with E-state index in [-0.39, 0.29) is 5.97 Å². The van der Waals surface area contributed by atoms with Gasteiger partial charge in [0.1, 0.15) is 11.9 Å². The summed E-state index contributed by atoms with van der Waals surface area (Å²) in [6, 6.07) is 3.87. The van der Waals surface area contributed by atoms with Gasteiger partial charge in [-0.1, -0.05) is 0 Å². The van der Waals surface area contributed by atoms with E-state index >= 15 is 0 Å². The highest BCUT2D eigenvalue weighted by atomic mass is 32.1. The lowest BCUT2D eigenvalue weighted by atomic mass is 10.3. The van der Waals surface area contributed by atoms with Crippen LogP contribution in [-0.4, -0.2) is 12.6 Å². The van der Waals surface area contributed by atoms with E-state index in [0.29, 0.717) is 11.5 Å². The van der Waals surface area contributed by atoms with Crippen LogP contribution in [0.3, 0.4) is 0 Å². The molecule has 0 amide bonds. The molecule has 2 aromatic rings. The van der Waals surface area contributed by atoms with Gasteiger partial charge >= 0.3 is 5.97 Å². The highest BCUT2D eigenvalue weighted by molar-refractivity contribution is 7.20. The third-order valence-corrected chi connectivity index (χ3v) is 3.14. The number of carbonyl (C=O) groups excluding carboxylic acids is 1. The summed E-state index contributed by atoms with van der Waals surface area (Å²) < 4.78 is 8.02. The minimum atomic E-state index is -0.235. The molecule has 0 spiro atoms. The molecule has 0 unspecified atom stereocenters. The number of hydrogen-bond acceptors (Lipinski definition) is 3. The van der Waals surface area contributed by atoms with E-state index in [4.69, 9.17) is 4.74 Å². The van der Waals surface area contributed by atoms with E-state index in [2.05, 4.69) is 0 Å². The van der Waals surface area contributed by atoms with Crippen LogP contribution in [0.5, 0.6) is 0 Å². The first kappa shape index (κ1) is 10.1. The van der Waals surface area contributed by atoms with Crippen molar-refractivity contribution in [2.24, 2.45) is 7.05 Å². The molecule has 4 heteroatoms. The molecule has 0 saturated carbocycles. The van der Waals surface area contributed by atoms with Crippen molar-refractivity contribution in [1.82, 2.24) is 0 Å². The number of carbonyl (C=O) groups is 1. The molecule has 2 heterocycles.